The van der Waals surface area contributed by atoms with E-state index in [-0.39, 0.29) is 20.5 Å². The Morgan fingerprint density at radius 1 is 1.15 bits per heavy atom. The zero-order chi connectivity index (χ0) is 23.5. The number of hydrogen-bond acceptors (Lipinski definition) is 7. The lowest BCUT2D eigenvalue weighted by Crippen LogP contribution is -2.45. The highest BCUT2D eigenvalue weighted by Gasteiger charge is 2.34. The number of hydrogen-bond donors (Lipinski definition) is 3. The maximum absolute atomic E-state index is 12.9. The van der Waals surface area contributed by atoms with E-state index in [0.717, 1.165) is 22.8 Å². The van der Waals surface area contributed by atoms with Gasteiger partial charge in [-0.25, -0.2) is 4.79 Å². The molecule has 0 unspecified atom stereocenters. The molecular weight excluding hydrogens is 466 g/mol. The number of benzene rings is 2. The summed E-state index contributed by atoms with van der Waals surface area (Å²) in [5.41, 5.74) is 3.07. The van der Waals surface area contributed by atoms with Crippen molar-refractivity contribution in [2.45, 2.75) is 0 Å². The summed E-state index contributed by atoms with van der Waals surface area (Å²) >= 11 is 6.22. The smallest absolute Gasteiger partial charge is 0.341 e. The summed E-state index contributed by atoms with van der Waals surface area (Å²) in [6.45, 7) is -0.536. The molecule has 0 radical (unpaired) electrons. The van der Waals surface area contributed by atoms with Gasteiger partial charge in [-0.3, -0.25) is 19.8 Å². The van der Waals surface area contributed by atoms with Crippen LogP contribution in [0.5, 0.6) is 5.75 Å². The van der Waals surface area contributed by atoms with Gasteiger partial charge in [0.25, 0.3) is 11.8 Å². The number of ether oxygens (including phenoxy) is 1. The van der Waals surface area contributed by atoms with Crippen LogP contribution in [0, 0.1) is 0 Å². The number of hydrazine groups is 1. The Morgan fingerprint density at radius 2 is 1.88 bits per heavy atom. The molecule has 0 spiro atoms. The number of rotatable bonds is 6. The van der Waals surface area contributed by atoms with Crippen molar-refractivity contribution in [3.63, 3.8) is 0 Å². The van der Waals surface area contributed by atoms with Crippen LogP contribution < -0.4 is 15.7 Å². The van der Waals surface area contributed by atoms with E-state index in [1.807, 2.05) is 0 Å². The number of aromatic amines is 1. The lowest BCUT2D eigenvalue weighted by molar-refractivity contribution is -0.139. The lowest BCUT2D eigenvalue weighted by Gasteiger charge is -2.16. The first-order valence-corrected chi connectivity index (χ1v) is 10.7. The maximum atomic E-state index is 12.9. The van der Waals surface area contributed by atoms with Crippen LogP contribution in [0.1, 0.15) is 15.9 Å². The van der Waals surface area contributed by atoms with Crippen molar-refractivity contribution in [1.82, 2.24) is 15.4 Å². The van der Waals surface area contributed by atoms with Gasteiger partial charge in [-0.15, -0.1) is 0 Å². The standard InChI is InChI=1S/C22H15N3O6S2/c26-18-10-14(13-6-2-3-7-15(13)23-18)20(29)24-25-21(30)17(33-22(25)32)9-12-5-1-4-8-16(12)31-11-19(27)28/h1-10H,11H2,(H,23,26)(H,24,29)(H,27,28)/b17-9+. The Hall–Kier alpha value is -3.96. The predicted molar refractivity (Wildman–Crippen MR) is 127 cm³/mol. The number of H-pyrrole nitrogens is 1. The number of aromatic nitrogens is 1. The molecule has 9 nitrogen and oxygen atoms in total. The minimum Gasteiger partial charge on any atom is -0.481 e. The fourth-order valence-electron chi connectivity index (χ4n) is 3.13. The maximum Gasteiger partial charge on any atom is 0.341 e. The number of amides is 2. The number of carboxylic acids is 1. The highest BCUT2D eigenvalue weighted by molar-refractivity contribution is 8.26. The second-order valence-corrected chi connectivity index (χ2v) is 8.45. The molecule has 1 aliphatic rings. The third-order valence-electron chi connectivity index (χ3n) is 4.56. The van der Waals surface area contributed by atoms with E-state index in [9.17, 15) is 19.2 Å². The minimum absolute atomic E-state index is 0.0951. The van der Waals surface area contributed by atoms with Crippen molar-refractivity contribution >= 4 is 63.1 Å². The van der Waals surface area contributed by atoms with Gasteiger partial charge in [-0.05, 0) is 30.4 Å². The molecule has 0 saturated carbocycles. The van der Waals surface area contributed by atoms with Gasteiger partial charge < -0.3 is 14.8 Å². The molecule has 1 aromatic heterocycles. The van der Waals surface area contributed by atoms with Gasteiger partial charge in [0.05, 0.1) is 10.5 Å². The van der Waals surface area contributed by atoms with Gasteiger partial charge in [0.1, 0.15) is 5.75 Å². The van der Waals surface area contributed by atoms with Crippen LogP contribution >= 0.6 is 24.0 Å². The highest BCUT2D eigenvalue weighted by Crippen LogP contribution is 2.33. The lowest BCUT2D eigenvalue weighted by atomic mass is 10.1. The monoisotopic (exact) mass is 481 g/mol. The summed E-state index contributed by atoms with van der Waals surface area (Å²) < 4.78 is 5.35. The average Bonchev–Trinajstić information content (AvgIpc) is 3.05. The molecule has 0 aliphatic carbocycles. The summed E-state index contributed by atoms with van der Waals surface area (Å²) in [6, 6.07) is 14.6. The molecule has 0 bridgehead atoms. The minimum atomic E-state index is -1.13. The van der Waals surface area contributed by atoms with Crippen LogP contribution in [0.15, 0.2) is 64.3 Å². The molecule has 2 aromatic carbocycles. The number of fused-ring (bicyclic) bond motifs is 1. The zero-order valence-electron chi connectivity index (χ0n) is 16.7. The summed E-state index contributed by atoms with van der Waals surface area (Å²) in [5, 5.41) is 10.3. The first-order valence-electron chi connectivity index (χ1n) is 9.48. The Morgan fingerprint density at radius 3 is 2.67 bits per heavy atom. The van der Waals surface area contributed by atoms with Gasteiger partial charge in [0, 0.05) is 22.5 Å². The molecular formula is C22H15N3O6S2. The SMILES string of the molecule is O=C(O)COc1ccccc1/C=C1/SC(=S)N(NC(=O)c2cc(=O)[nH]c3ccccc23)C1=O. The number of carbonyl (C=O) groups excluding carboxylic acids is 2. The summed E-state index contributed by atoms with van der Waals surface area (Å²) in [6.07, 6.45) is 1.51. The van der Waals surface area contributed by atoms with Crippen molar-refractivity contribution in [2.24, 2.45) is 0 Å². The molecule has 3 N–H and O–H groups in total. The Labute approximate surface area is 196 Å². The molecule has 1 saturated heterocycles. The molecule has 1 aliphatic heterocycles. The van der Waals surface area contributed by atoms with Crippen LogP contribution in [0.2, 0.25) is 0 Å². The summed E-state index contributed by atoms with van der Waals surface area (Å²) in [7, 11) is 0. The topological polar surface area (TPSA) is 129 Å². The summed E-state index contributed by atoms with van der Waals surface area (Å²) in [4.78, 5) is 51.4. The van der Waals surface area contributed by atoms with Crippen LogP contribution in [0.4, 0.5) is 0 Å². The van der Waals surface area contributed by atoms with E-state index in [0.29, 0.717) is 16.5 Å². The zero-order valence-corrected chi connectivity index (χ0v) is 18.4. The number of para-hydroxylation sites is 2. The van der Waals surface area contributed by atoms with Gasteiger partial charge in [-0.2, -0.15) is 5.01 Å². The third kappa shape index (κ3) is 4.78. The molecule has 11 heteroatoms. The van der Waals surface area contributed by atoms with Crippen LogP contribution in [-0.4, -0.2) is 43.8 Å². The van der Waals surface area contributed by atoms with E-state index in [2.05, 4.69) is 10.4 Å². The molecule has 2 amide bonds. The number of carboxylic acid groups (broad SMARTS) is 1. The first-order chi connectivity index (χ1) is 15.8. The van der Waals surface area contributed by atoms with Gasteiger partial charge in [0.15, 0.2) is 10.9 Å². The first kappa shape index (κ1) is 22.2. The highest BCUT2D eigenvalue weighted by atomic mass is 32.2. The predicted octanol–water partition coefficient (Wildman–Crippen LogP) is 2.54. The number of carbonyl (C=O) groups is 3. The van der Waals surface area contributed by atoms with Crippen LogP contribution in [0.3, 0.4) is 0 Å². The molecule has 1 fully saturated rings. The molecule has 4 rings (SSSR count). The summed E-state index contributed by atoms with van der Waals surface area (Å²) in [5.74, 6) is -2.09. The third-order valence-corrected chi connectivity index (χ3v) is 5.86. The number of nitrogens with one attached hydrogen (secondary N) is 2. The number of thioether (sulfide) groups is 1. The Balaban J connectivity index is 1.59. The van der Waals surface area contributed by atoms with Crippen molar-refractivity contribution in [3.05, 3.63) is 81.0 Å². The van der Waals surface area contributed by atoms with Gasteiger partial charge in [-0.1, -0.05) is 48.2 Å². The molecule has 2 heterocycles. The van der Waals surface area contributed by atoms with E-state index < -0.39 is 29.9 Å². The van der Waals surface area contributed by atoms with Crippen LogP contribution in [-0.2, 0) is 9.59 Å². The van der Waals surface area contributed by atoms with Crippen molar-refractivity contribution < 1.29 is 24.2 Å². The quantitative estimate of drug-likeness (QED) is 0.362. The second kappa shape index (κ2) is 9.27. The van der Waals surface area contributed by atoms with Crippen molar-refractivity contribution in [3.8, 4) is 5.75 Å². The van der Waals surface area contributed by atoms with E-state index >= 15 is 0 Å². The van der Waals surface area contributed by atoms with Gasteiger partial charge in [0.2, 0.25) is 5.56 Å². The van der Waals surface area contributed by atoms with E-state index in [4.69, 9.17) is 22.1 Å². The van der Waals surface area contributed by atoms with E-state index in [1.165, 1.54) is 6.08 Å². The van der Waals surface area contributed by atoms with Crippen molar-refractivity contribution in [2.75, 3.05) is 6.61 Å². The van der Waals surface area contributed by atoms with Gasteiger partial charge >= 0.3 is 5.97 Å². The average molecular weight is 482 g/mol. The van der Waals surface area contributed by atoms with Crippen LogP contribution in [0.25, 0.3) is 17.0 Å². The van der Waals surface area contributed by atoms with E-state index in [1.54, 1.807) is 48.5 Å². The normalized spacial score (nSPS) is 14.7. The Kier molecular flexibility index (Phi) is 6.24. The fourth-order valence-corrected chi connectivity index (χ4v) is 4.30. The van der Waals surface area contributed by atoms with Crippen molar-refractivity contribution in [1.29, 1.82) is 0 Å². The number of thiocarbonyl (C=S) groups is 1. The molecule has 33 heavy (non-hydrogen) atoms. The number of pyridine rings is 1. The number of nitrogens with zero attached hydrogens (tertiary/aromatic N) is 1. The molecule has 166 valence electrons. The fraction of sp³-hybridized carbons (Fsp3) is 0.0455. The Bertz CT molecular complexity index is 1400. The largest absolute Gasteiger partial charge is 0.481 e. The molecule has 3 aromatic rings. The molecule has 0 atom stereocenters. The number of aliphatic carboxylic acids is 1. The second-order valence-electron chi connectivity index (χ2n) is 6.77.